The molecule has 0 spiro atoms. The Hall–Kier alpha value is -3.61. The average molecular weight is 460 g/mol. The second kappa shape index (κ2) is 11.0. The molecule has 34 heavy (non-hydrogen) atoms. The highest BCUT2D eigenvalue weighted by Crippen LogP contribution is 2.34. The van der Waals surface area contributed by atoms with Gasteiger partial charge in [0.1, 0.15) is 5.69 Å². The van der Waals surface area contributed by atoms with Crippen LogP contribution >= 0.6 is 0 Å². The number of hydrogen-bond acceptors (Lipinski definition) is 4. The summed E-state index contributed by atoms with van der Waals surface area (Å²) in [5, 5.41) is 10.8. The molecule has 0 saturated carbocycles. The van der Waals surface area contributed by atoms with Gasteiger partial charge in [-0.05, 0) is 50.3 Å². The van der Waals surface area contributed by atoms with E-state index in [9.17, 15) is 9.59 Å². The summed E-state index contributed by atoms with van der Waals surface area (Å²) in [5.74, 6) is 0.899. The Balaban J connectivity index is 1.38. The van der Waals surface area contributed by atoms with Gasteiger partial charge in [0.25, 0.3) is 0 Å². The number of anilines is 2. The van der Waals surface area contributed by atoms with Gasteiger partial charge in [0.05, 0.1) is 11.4 Å². The second-order valence-electron chi connectivity index (χ2n) is 8.85. The molecule has 2 heterocycles. The van der Waals surface area contributed by atoms with Crippen molar-refractivity contribution in [2.24, 2.45) is 5.92 Å². The van der Waals surface area contributed by atoms with E-state index in [1.54, 1.807) is 0 Å². The predicted molar refractivity (Wildman–Crippen MR) is 135 cm³/mol. The lowest BCUT2D eigenvalue weighted by atomic mass is 9.95. The quantitative estimate of drug-likeness (QED) is 0.497. The van der Waals surface area contributed by atoms with E-state index in [2.05, 4.69) is 27.7 Å². The molecule has 3 aromatic rings. The minimum absolute atomic E-state index is 0.00591. The van der Waals surface area contributed by atoms with Crippen LogP contribution in [0.1, 0.15) is 37.4 Å². The van der Waals surface area contributed by atoms with E-state index in [0.717, 1.165) is 61.7 Å². The van der Waals surface area contributed by atoms with Gasteiger partial charge in [-0.1, -0.05) is 48.5 Å². The van der Waals surface area contributed by atoms with Crippen LogP contribution in [0.25, 0.3) is 5.69 Å². The van der Waals surface area contributed by atoms with E-state index in [4.69, 9.17) is 5.10 Å². The molecular weight excluding hydrogens is 426 g/mol. The third-order valence-corrected chi connectivity index (χ3v) is 6.29. The molecule has 1 saturated heterocycles. The average Bonchev–Trinajstić information content (AvgIpc) is 3.18. The Bertz CT molecular complexity index is 1100. The molecule has 1 aromatic heterocycles. The summed E-state index contributed by atoms with van der Waals surface area (Å²) in [6.45, 7) is 5.57. The summed E-state index contributed by atoms with van der Waals surface area (Å²) < 4.78 is 1.89. The highest BCUT2D eigenvalue weighted by atomic mass is 16.2. The number of aromatic nitrogens is 2. The van der Waals surface area contributed by atoms with Crippen molar-refractivity contribution in [3.05, 3.63) is 71.9 Å². The normalized spacial score (nSPS) is 14.1. The van der Waals surface area contributed by atoms with Gasteiger partial charge in [-0.2, -0.15) is 5.10 Å². The molecule has 7 heteroatoms. The van der Waals surface area contributed by atoms with Gasteiger partial charge in [-0.15, -0.1) is 0 Å². The zero-order valence-electron chi connectivity index (χ0n) is 20.0. The Labute approximate surface area is 201 Å². The maximum absolute atomic E-state index is 12.8. The summed E-state index contributed by atoms with van der Waals surface area (Å²) in [5.41, 5.74) is 3.74. The monoisotopic (exact) mass is 459 g/mol. The molecule has 7 nitrogen and oxygen atoms in total. The van der Waals surface area contributed by atoms with Crippen molar-refractivity contribution in [1.82, 2.24) is 15.1 Å². The van der Waals surface area contributed by atoms with Crippen LogP contribution in [0.5, 0.6) is 0 Å². The Morgan fingerprint density at radius 2 is 1.65 bits per heavy atom. The fraction of sp³-hybridized carbons (Fsp3) is 0.370. The first-order valence-corrected chi connectivity index (χ1v) is 12.0. The molecule has 0 aliphatic carbocycles. The first-order chi connectivity index (χ1) is 16.5. The molecule has 0 unspecified atom stereocenters. The van der Waals surface area contributed by atoms with Crippen molar-refractivity contribution < 1.29 is 9.59 Å². The number of amides is 2. The van der Waals surface area contributed by atoms with Crippen LogP contribution in [0.4, 0.5) is 11.5 Å². The summed E-state index contributed by atoms with van der Waals surface area (Å²) in [4.78, 5) is 26.9. The standard InChI is InChI=1S/C27H33N5O2/c1-20-25(29-21(2)33)27(32(30-20)24-13-7-4-8-14-24)31-18-15-23(16-19-31)26(34)28-17-9-12-22-10-5-3-6-11-22/h3-8,10-11,13-14,23H,9,12,15-19H2,1-2H3,(H,28,34)(H,29,33). The number of carbonyl (C=O) groups is 2. The minimum Gasteiger partial charge on any atom is -0.356 e. The second-order valence-corrected chi connectivity index (χ2v) is 8.85. The highest BCUT2D eigenvalue weighted by Gasteiger charge is 2.29. The van der Waals surface area contributed by atoms with Crippen LogP contribution in [-0.4, -0.2) is 41.2 Å². The lowest BCUT2D eigenvalue weighted by Crippen LogP contribution is -2.41. The molecule has 2 N–H and O–H groups in total. The fourth-order valence-corrected chi connectivity index (χ4v) is 4.53. The summed E-state index contributed by atoms with van der Waals surface area (Å²) in [7, 11) is 0. The minimum atomic E-state index is -0.123. The summed E-state index contributed by atoms with van der Waals surface area (Å²) >= 11 is 0. The van der Waals surface area contributed by atoms with Gasteiger partial charge in [0.15, 0.2) is 5.82 Å². The SMILES string of the molecule is CC(=O)Nc1c(C)nn(-c2ccccc2)c1N1CCC(C(=O)NCCCc2ccccc2)CC1. The number of para-hydroxylation sites is 1. The van der Waals surface area contributed by atoms with E-state index in [1.165, 1.54) is 12.5 Å². The molecule has 0 atom stereocenters. The third-order valence-electron chi connectivity index (χ3n) is 6.29. The number of aryl methyl sites for hydroxylation is 2. The van der Waals surface area contributed by atoms with Gasteiger partial charge in [0, 0.05) is 32.5 Å². The first-order valence-electron chi connectivity index (χ1n) is 12.0. The van der Waals surface area contributed by atoms with Crippen LogP contribution < -0.4 is 15.5 Å². The van der Waals surface area contributed by atoms with Gasteiger partial charge >= 0.3 is 0 Å². The molecule has 1 aliphatic heterocycles. The molecule has 178 valence electrons. The van der Waals surface area contributed by atoms with Crippen molar-refractivity contribution in [2.45, 2.75) is 39.5 Å². The van der Waals surface area contributed by atoms with Crippen LogP contribution in [0.2, 0.25) is 0 Å². The molecule has 4 rings (SSSR count). The topological polar surface area (TPSA) is 79.3 Å². The first kappa shape index (κ1) is 23.5. The molecule has 2 amide bonds. The summed E-state index contributed by atoms with van der Waals surface area (Å²) in [6.07, 6.45) is 3.44. The van der Waals surface area contributed by atoms with Gasteiger partial charge in [-0.25, -0.2) is 4.68 Å². The molecule has 0 radical (unpaired) electrons. The Morgan fingerprint density at radius 1 is 1.00 bits per heavy atom. The van der Waals surface area contributed by atoms with Crippen LogP contribution in [0.3, 0.4) is 0 Å². The molecule has 0 bridgehead atoms. The third kappa shape index (κ3) is 5.65. The van der Waals surface area contributed by atoms with E-state index >= 15 is 0 Å². The molecule has 1 aliphatic rings. The zero-order chi connectivity index (χ0) is 23.9. The maximum atomic E-state index is 12.8. The molecule has 1 fully saturated rings. The molecular formula is C27H33N5O2. The van der Waals surface area contributed by atoms with Crippen molar-refractivity contribution in [3.63, 3.8) is 0 Å². The highest BCUT2D eigenvalue weighted by molar-refractivity contribution is 5.93. The van der Waals surface area contributed by atoms with Crippen molar-refractivity contribution >= 4 is 23.3 Å². The lowest BCUT2D eigenvalue weighted by Gasteiger charge is -2.33. The number of hydrogen-bond donors (Lipinski definition) is 2. The van der Waals surface area contributed by atoms with E-state index in [-0.39, 0.29) is 17.7 Å². The molecule has 2 aromatic carbocycles. The van der Waals surface area contributed by atoms with Crippen molar-refractivity contribution in [3.8, 4) is 5.69 Å². The number of nitrogens with one attached hydrogen (secondary N) is 2. The largest absolute Gasteiger partial charge is 0.356 e. The Morgan fingerprint density at radius 3 is 2.29 bits per heavy atom. The van der Waals surface area contributed by atoms with Gasteiger partial charge < -0.3 is 15.5 Å². The number of piperidine rings is 1. The van der Waals surface area contributed by atoms with Gasteiger partial charge in [-0.3, -0.25) is 9.59 Å². The van der Waals surface area contributed by atoms with E-state index < -0.39 is 0 Å². The van der Waals surface area contributed by atoms with E-state index in [0.29, 0.717) is 6.54 Å². The van der Waals surface area contributed by atoms with Crippen LogP contribution in [0.15, 0.2) is 60.7 Å². The zero-order valence-corrected chi connectivity index (χ0v) is 20.0. The van der Waals surface area contributed by atoms with Crippen LogP contribution in [0, 0.1) is 12.8 Å². The number of carbonyl (C=O) groups excluding carboxylic acids is 2. The number of nitrogens with zero attached hydrogens (tertiary/aromatic N) is 3. The fourth-order valence-electron chi connectivity index (χ4n) is 4.53. The van der Waals surface area contributed by atoms with E-state index in [1.807, 2.05) is 60.1 Å². The van der Waals surface area contributed by atoms with Crippen molar-refractivity contribution in [2.75, 3.05) is 29.9 Å². The predicted octanol–water partition coefficient (Wildman–Crippen LogP) is 4.10. The number of rotatable bonds is 8. The summed E-state index contributed by atoms with van der Waals surface area (Å²) in [6, 6.07) is 20.3. The lowest BCUT2D eigenvalue weighted by molar-refractivity contribution is -0.125. The Kier molecular flexibility index (Phi) is 7.62. The number of benzene rings is 2. The van der Waals surface area contributed by atoms with Crippen molar-refractivity contribution in [1.29, 1.82) is 0 Å². The smallest absolute Gasteiger partial charge is 0.223 e. The van der Waals surface area contributed by atoms with Crippen LogP contribution in [-0.2, 0) is 16.0 Å². The van der Waals surface area contributed by atoms with Gasteiger partial charge in [0.2, 0.25) is 11.8 Å². The maximum Gasteiger partial charge on any atom is 0.223 e.